The van der Waals surface area contributed by atoms with Gasteiger partial charge in [-0.2, -0.15) is 0 Å². The predicted octanol–water partition coefficient (Wildman–Crippen LogP) is 1.45. The summed E-state index contributed by atoms with van der Waals surface area (Å²) in [6, 6.07) is 3.67. The van der Waals surface area contributed by atoms with Crippen molar-refractivity contribution in [1.29, 1.82) is 0 Å². The van der Waals surface area contributed by atoms with Crippen molar-refractivity contribution in [3.8, 4) is 0 Å². The number of carbonyl (C=O) groups is 2. The molecule has 2 amide bonds. The number of allylic oxidation sites excluding steroid dienone is 2. The fraction of sp³-hybridized carbons (Fsp3) is 0.0667. The Balaban J connectivity index is 2.20. The average molecular weight is 299 g/mol. The second-order valence-corrected chi connectivity index (χ2v) is 4.58. The molecule has 2 rings (SSSR count). The molecule has 0 aliphatic carbocycles. The molecular weight excluding hydrogens is 286 g/mol. The third kappa shape index (κ3) is 3.49. The molecule has 1 N–H and O–H groups in total. The molecule has 0 saturated carbocycles. The van der Waals surface area contributed by atoms with Crippen LogP contribution in [0.1, 0.15) is 5.56 Å². The molecule has 0 radical (unpaired) electrons. The van der Waals surface area contributed by atoms with Crippen molar-refractivity contribution < 1.29 is 9.59 Å². The van der Waals surface area contributed by atoms with Gasteiger partial charge < -0.3 is 0 Å². The molecule has 6 heteroatoms. The first-order valence-corrected chi connectivity index (χ1v) is 6.60. The number of carbonyl (C=O) groups excluding carboxylic acids is 2. The van der Waals surface area contributed by atoms with Crippen molar-refractivity contribution in [2.45, 2.75) is 0 Å². The van der Waals surface area contributed by atoms with Crippen LogP contribution < -0.4 is 5.32 Å². The van der Waals surface area contributed by atoms with Crippen LogP contribution in [0.4, 0.5) is 0 Å². The van der Waals surface area contributed by atoms with Crippen molar-refractivity contribution in [1.82, 2.24) is 15.2 Å². The van der Waals surface area contributed by atoms with Crippen LogP contribution in [-0.4, -0.2) is 33.4 Å². The first-order valence-electron chi connectivity index (χ1n) is 6.20. The lowest BCUT2D eigenvalue weighted by atomic mass is 10.1. The first-order chi connectivity index (χ1) is 10.1. The minimum absolute atomic E-state index is 0.0330. The van der Waals surface area contributed by atoms with E-state index in [1.807, 2.05) is 6.07 Å². The molecule has 0 bridgehead atoms. The van der Waals surface area contributed by atoms with Gasteiger partial charge in [-0.1, -0.05) is 24.3 Å². The lowest BCUT2D eigenvalue weighted by molar-refractivity contribution is -0.128. The van der Waals surface area contributed by atoms with E-state index in [1.165, 1.54) is 11.0 Å². The highest BCUT2D eigenvalue weighted by molar-refractivity contribution is 7.80. The maximum atomic E-state index is 12.2. The molecule has 0 unspecified atom stereocenters. The van der Waals surface area contributed by atoms with Crippen molar-refractivity contribution >= 4 is 35.2 Å². The van der Waals surface area contributed by atoms with Gasteiger partial charge in [0.2, 0.25) is 0 Å². The molecule has 1 aromatic heterocycles. The molecule has 5 nitrogen and oxygen atoms in total. The van der Waals surface area contributed by atoms with Gasteiger partial charge in [0.15, 0.2) is 5.11 Å². The van der Waals surface area contributed by atoms with E-state index >= 15 is 0 Å². The highest BCUT2D eigenvalue weighted by Gasteiger charge is 2.31. The molecule has 1 aromatic rings. The van der Waals surface area contributed by atoms with E-state index in [2.05, 4.69) is 16.9 Å². The molecule has 0 aromatic carbocycles. The molecule has 21 heavy (non-hydrogen) atoms. The van der Waals surface area contributed by atoms with Gasteiger partial charge in [0.25, 0.3) is 11.8 Å². The lowest BCUT2D eigenvalue weighted by Crippen LogP contribution is -2.53. The summed E-state index contributed by atoms with van der Waals surface area (Å²) >= 11 is 4.96. The molecule has 1 saturated heterocycles. The quantitative estimate of drug-likeness (QED) is 0.396. The fourth-order valence-electron chi connectivity index (χ4n) is 1.74. The maximum Gasteiger partial charge on any atom is 0.265 e. The molecule has 1 fully saturated rings. The van der Waals surface area contributed by atoms with Gasteiger partial charge in [-0.25, -0.2) is 0 Å². The summed E-state index contributed by atoms with van der Waals surface area (Å²) in [4.78, 5) is 29.3. The molecule has 0 spiro atoms. The lowest BCUT2D eigenvalue weighted by Gasteiger charge is -2.27. The summed E-state index contributed by atoms with van der Waals surface area (Å²) in [6.45, 7) is 3.81. The summed E-state index contributed by atoms with van der Waals surface area (Å²) in [5.41, 5.74) is 0.905. The predicted molar refractivity (Wildman–Crippen MR) is 84.0 cm³/mol. The fourth-order valence-corrected chi connectivity index (χ4v) is 1.99. The van der Waals surface area contributed by atoms with Crippen LogP contribution in [0.5, 0.6) is 0 Å². The Bertz CT molecular complexity index is 650. The normalized spacial score (nSPS) is 17.4. The largest absolute Gasteiger partial charge is 0.298 e. The van der Waals surface area contributed by atoms with Crippen molar-refractivity contribution in [2.24, 2.45) is 0 Å². The Morgan fingerprint density at radius 3 is 2.90 bits per heavy atom. The summed E-state index contributed by atoms with van der Waals surface area (Å²) in [6.07, 6.45) is 9.74. The van der Waals surface area contributed by atoms with Gasteiger partial charge in [0.1, 0.15) is 5.57 Å². The Labute approximate surface area is 127 Å². The van der Waals surface area contributed by atoms with Gasteiger partial charge >= 0.3 is 0 Å². The highest BCUT2D eigenvalue weighted by atomic mass is 32.1. The van der Waals surface area contributed by atoms with E-state index in [9.17, 15) is 9.59 Å². The number of aromatic nitrogens is 1. The molecule has 1 aliphatic rings. The van der Waals surface area contributed by atoms with Crippen molar-refractivity contribution in [3.05, 3.63) is 60.5 Å². The Morgan fingerprint density at radius 2 is 2.24 bits per heavy atom. The standard InChI is InChI=1S/C15H13N3O2S/c1-2-9-18-14(20)12(13(19)17-15(18)21)7-3-5-11-6-4-8-16-10-11/h2-8,10H,1,9H2,(H,17,19,21)/b5-3-,12-7+. The van der Waals surface area contributed by atoms with E-state index in [-0.39, 0.29) is 17.2 Å². The number of thiocarbonyl (C=S) groups is 1. The number of nitrogens with one attached hydrogen (secondary N) is 1. The van der Waals surface area contributed by atoms with Crippen LogP contribution in [0.2, 0.25) is 0 Å². The van der Waals surface area contributed by atoms with Gasteiger partial charge in [0.05, 0.1) is 0 Å². The van der Waals surface area contributed by atoms with E-state index < -0.39 is 11.8 Å². The van der Waals surface area contributed by atoms with E-state index in [4.69, 9.17) is 12.2 Å². The minimum atomic E-state index is -0.499. The highest BCUT2D eigenvalue weighted by Crippen LogP contribution is 2.10. The summed E-state index contributed by atoms with van der Waals surface area (Å²) < 4.78 is 0. The Kier molecular flexibility index (Phi) is 4.73. The van der Waals surface area contributed by atoms with Gasteiger partial charge in [-0.3, -0.25) is 24.8 Å². The van der Waals surface area contributed by atoms with E-state index in [1.54, 1.807) is 36.7 Å². The number of nitrogens with zero attached hydrogens (tertiary/aromatic N) is 2. The third-order valence-corrected chi connectivity index (χ3v) is 3.06. The van der Waals surface area contributed by atoms with Crippen LogP contribution in [-0.2, 0) is 9.59 Å². The zero-order valence-electron chi connectivity index (χ0n) is 11.2. The average Bonchev–Trinajstić information content (AvgIpc) is 2.48. The minimum Gasteiger partial charge on any atom is -0.298 e. The first kappa shape index (κ1) is 14.8. The number of pyridine rings is 1. The number of hydrogen-bond donors (Lipinski definition) is 1. The van der Waals surface area contributed by atoms with E-state index in [0.29, 0.717) is 0 Å². The Morgan fingerprint density at radius 1 is 1.43 bits per heavy atom. The van der Waals surface area contributed by atoms with Gasteiger partial charge in [-0.15, -0.1) is 6.58 Å². The van der Waals surface area contributed by atoms with Crippen LogP contribution in [0.25, 0.3) is 6.08 Å². The van der Waals surface area contributed by atoms with Crippen molar-refractivity contribution in [2.75, 3.05) is 6.54 Å². The Hall–Kier alpha value is -2.60. The van der Waals surface area contributed by atoms with E-state index in [0.717, 1.165) is 5.56 Å². The second-order valence-electron chi connectivity index (χ2n) is 4.19. The number of rotatable bonds is 4. The molecule has 1 aliphatic heterocycles. The van der Waals surface area contributed by atoms with Crippen LogP contribution in [0, 0.1) is 0 Å². The molecular formula is C15H13N3O2S. The molecule has 0 atom stereocenters. The topological polar surface area (TPSA) is 62.3 Å². The number of amides is 2. The van der Waals surface area contributed by atoms with Crippen LogP contribution >= 0.6 is 12.2 Å². The van der Waals surface area contributed by atoms with Crippen LogP contribution in [0.15, 0.2) is 54.9 Å². The zero-order valence-corrected chi connectivity index (χ0v) is 12.0. The molecule has 106 valence electrons. The number of hydrogen-bond acceptors (Lipinski definition) is 4. The summed E-state index contributed by atoms with van der Waals surface area (Å²) in [5, 5.41) is 2.57. The zero-order chi connectivity index (χ0) is 15.2. The third-order valence-electron chi connectivity index (χ3n) is 2.73. The van der Waals surface area contributed by atoms with Crippen LogP contribution in [0.3, 0.4) is 0 Å². The maximum absolute atomic E-state index is 12.2. The van der Waals surface area contributed by atoms with Gasteiger partial charge in [-0.05, 0) is 29.9 Å². The monoisotopic (exact) mass is 299 g/mol. The van der Waals surface area contributed by atoms with Crippen molar-refractivity contribution in [3.63, 3.8) is 0 Å². The van der Waals surface area contributed by atoms with Gasteiger partial charge in [0, 0.05) is 18.9 Å². The smallest absolute Gasteiger partial charge is 0.265 e. The summed E-state index contributed by atoms with van der Waals surface area (Å²) in [5.74, 6) is -0.930. The summed E-state index contributed by atoms with van der Waals surface area (Å²) in [7, 11) is 0. The SMILES string of the molecule is C=CCN1C(=O)/C(=C/C=C\c2cccnc2)C(=O)NC1=S. The second kappa shape index (κ2) is 6.71. The molecule has 2 heterocycles.